The highest BCUT2D eigenvalue weighted by molar-refractivity contribution is 5.37. The summed E-state index contributed by atoms with van der Waals surface area (Å²) in [7, 11) is 0. The molecule has 88 valence electrons. The molecule has 0 aromatic heterocycles. The maximum Gasteiger partial charge on any atom is 0.124 e. The number of rotatable bonds is 3. The summed E-state index contributed by atoms with van der Waals surface area (Å²) in [5.74, 6) is 1.57. The molecule has 0 aliphatic carbocycles. The molecule has 2 N–H and O–H groups in total. The van der Waals surface area contributed by atoms with Gasteiger partial charge in [-0.05, 0) is 18.4 Å². The Balaban J connectivity index is 2.14. The van der Waals surface area contributed by atoms with Crippen LogP contribution in [0.5, 0.6) is 5.75 Å². The number of nitrogens with two attached hydrogens (primary N) is 1. The number of ether oxygens (including phenoxy) is 1. The monoisotopic (exact) mass is 219 g/mol. The second kappa shape index (κ2) is 4.88. The van der Waals surface area contributed by atoms with Crippen LogP contribution in [0.2, 0.25) is 0 Å². The van der Waals surface area contributed by atoms with Gasteiger partial charge in [-0.1, -0.05) is 38.5 Å². The molecule has 0 saturated heterocycles. The highest BCUT2D eigenvalue weighted by atomic mass is 16.5. The summed E-state index contributed by atoms with van der Waals surface area (Å²) < 4.78 is 6.04. The van der Waals surface area contributed by atoms with Gasteiger partial charge in [0.05, 0.1) is 0 Å². The fourth-order valence-corrected chi connectivity index (χ4v) is 2.47. The second-order valence-electron chi connectivity index (χ2n) is 4.80. The maximum absolute atomic E-state index is 6.19. The van der Waals surface area contributed by atoms with Crippen LogP contribution in [0.25, 0.3) is 0 Å². The molecule has 16 heavy (non-hydrogen) atoms. The molecule has 1 heterocycles. The van der Waals surface area contributed by atoms with Crippen molar-refractivity contribution in [2.45, 2.75) is 45.3 Å². The SMILES string of the molecule is CCCC(C)C1C[C@@H](N)c2ccccc2O1. The molecule has 0 fully saturated rings. The van der Waals surface area contributed by atoms with E-state index in [-0.39, 0.29) is 12.1 Å². The Kier molecular flexibility index (Phi) is 3.49. The summed E-state index contributed by atoms with van der Waals surface area (Å²) in [6, 6.07) is 8.27. The third-order valence-corrected chi connectivity index (χ3v) is 3.46. The molecule has 1 aromatic rings. The Hall–Kier alpha value is -1.02. The molecule has 1 aliphatic rings. The minimum absolute atomic E-state index is 0.134. The lowest BCUT2D eigenvalue weighted by atomic mass is 9.89. The molecule has 2 unspecified atom stereocenters. The van der Waals surface area contributed by atoms with Crippen molar-refractivity contribution in [3.05, 3.63) is 29.8 Å². The quantitative estimate of drug-likeness (QED) is 0.846. The van der Waals surface area contributed by atoms with E-state index in [1.165, 1.54) is 12.8 Å². The van der Waals surface area contributed by atoms with Gasteiger partial charge >= 0.3 is 0 Å². The van der Waals surface area contributed by atoms with Crippen LogP contribution in [0, 0.1) is 5.92 Å². The molecule has 0 amide bonds. The minimum atomic E-state index is 0.134. The van der Waals surface area contributed by atoms with E-state index in [0.29, 0.717) is 5.92 Å². The van der Waals surface area contributed by atoms with Gasteiger partial charge in [-0.15, -0.1) is 0 Å². The van der Waals surface area contributed by atoms with Gasteiger partial charge in [0, 0.05) is 18.0 Å². The third-order valence-electron chi connectivity index (χ3n) is 3.46. The summed E-state index contributed by atoms with van der Waals surface area (Å²) in [4.78, 5) is 0. The Morgan fingerprint density at radius 1 is 1.44 bits per heavy atom. The predicted molar refractivity (Wildman–Crippen MR) is 66.5 cm³/mol. The van der Waals surface area contributed by atoms with E-state index in [2.05, 4.69) is 19.9 Å². The number of hydrogen-bond acceptors (Lipinski definition) is 2. The molecular weight excluding hydrogens is 198 g/mol. The lowest BCUT2D eigenvalue weighted by Crippen LogP contribution is -2.34. The standard InChI is InChI=1S/C14H21NO/c1-3-6-10(2)14-9-12(15)11-7-4-5-8-13(11)16-14/h4-5,7-8,10,12,14H,3,6,9,15H2,1-2H3/t10?,12-,14?/m1/s1. The van der Waals surface area contributed by atoms with Gasteiger partial charge in [0.2, 0.25) is 0 Å². The number of para-hydroxylation sites is 1. The molecule has 0 spiro atoms. The minimum Gasteiger partial charge on any atom is -0.490 e. The fourth-order valence-electron chi connectivity index (χ4n) is 2.47. The van der Waals surface area contributed by atoms with E-state index < -0.39 is 0 Å². The summed E-state index contributed by atoms with van der Waals surface area (Å²) in [5, 5.41) is 0. The largest absolute Gasteiger partial charge is 0.490 e. The fraction of sp³-hybridized carbons (Fsp3) is 0.571. The summed E-state index contributed by atoms with van der Waals surface area (Å²) in [5.41, 5.74) is 7.35. The van der Waals surface area contributed by atoms with Crippen molar-refractivity contribution in [2.24, 2.45) is 11.7 Å². The molecule has 2 rings (SSSR count). The first-order chi connectivity index (χ1) is 7.72. The van der Waals surface area contributed by atoms with Crippen molar-refractivity contribution in [1.29, 1.82) is 0 Å². The van der Waals surface area contributed by atoms with Crippen molar-refractivity contribution in [3.63, 3.8) is 0 Å². The molecule has 2 heteroatoms. The molecule has 0 bridgehead atoms. The molecule has 2 nitrogen and oxygen atoms in total. The van der Waals surface area contributed by atoms with E-state index in [1.807, 2.05) is 18.2 Å². The summed E-state index contributed by atoms with van der Waals surface area (Å²) in [6.07, 6.45) is 3.64. The first kappa shape index (κ1) is 11.5. The van der Waals surface area contributed by atoms with Gasteiger partial charge in [0.1, 0.15) is 11.9 Å². The van der Waals surface area contributed by atoms with Gasteiger partial charge in [-0.3, -0.25) is 0 Å². The maximum atomic E-state index is 6.19. The molecule has 0 radical (unpaired) electrons. The Morgan fingerprint density at radius 3 is 2.94 bits per heavy atom. The van der Waals surface area contributed by atoms with Gasteiger partial charge in [-0.25, -0.2) is 0 Å². The highest BCUT2D eigenvalue weighted by Crippen LogP contribution is 2.36. The Morgan fingerprint density at radius 2 is 2.19 bits per heavy atom. The van der Waals surface area contributed by atoms with Gasteiger partial charge in [0.15, 0.2) is 0 Å². The van der Waals surface area contributed by atoms with E-state index in [1.54, 1.807) is 0 Å². The van der Waals surface area contributed by atoms with Crippen molar-refractivity contribution in [2.75, 3.05) is 0 Å². The Labute approximate surface area is 97.8 Å². The summed E-state index contributed by atoms with van der Waals surface area (Å²) in [6.45, 7) is 4.47. The molecule has 1 aromatic carbocycles. The average molecular weight is 219 g/mol. The number of benzene rings is 1. The Bertz CT molecular complexity index is 350. The van der Waals surface area contributed by atoms with Crippen molar-refractivity contribution in [3.8, 4) is 5.75 Å². The third kappa shape index (κ3) is 2.22. The molecule has 0 saturated carbocycles. The molecular formula is C14H21NO. The average Bonchev–Trinajstić information content (AvgIpc) is 2.29. The van der Waals surface area contributed by atoms with Crippen LogP contribution < -0.4 is 10.5 Å². The van der Waals surface area contributed by atoms with Crippen LogP contribution in [0.4, 0.5) is 0 Å². The van der Waals surface area contributed by atoms with E-state index in [4.69, 9.17) is 10.5 Å². The van der Waals surface area contributed by atoms with Crippen molar-refractivity contribution < 1.29 is 4.74 Å². The lowest BCUT2D eigenvalue weighted by Gasteiger charge is -2.33. The van der Waals surface area contributed by atoms with Crippen LogP contribution in [0.15, 0.2) is 24.3 Å². The molecule has 3 atom stereocenters. The van der Waals surface area contributed by atoms with Crippen LogP contribution >= 0.6 is 0 Å². The van der Waals surface area contributed by atoms with Crippen molar-refractivity contribution >= 4 is 0 Å². The van der Waals surface area contributed by atoms with Crippen LogP contribution in [-0.2, 0) is 0 Å². The van der Waals surface area contributed by atoms with E-state index >= 15 is 0 Å². The van der Waals surface area contributed by atoms with Crippen LogP contribution in [0.1, 0.15) is 44.7 Å². The van der Waals surface area contributed by atoms with Gasteiger partial charge < -0.3 is 10.5 Å². The zero-order valence-electron chi connectivity index (χ0n) is 10.1. The second-order valence-corrected chi connectivity index (χ2v) is 4.80. The van der Waals surface area contributed by atoms with E-state index in [9.17, 15) is 0 Å². The van der Waals surface area contributed by atoms with Crippen LogP contribution in [-0.4, -0.2) is 6.10 Å². The number of hydrogen-bond donors (Lipinski definition) is 1. The smallest absolute Gasteiger partial charge is 0.124 e. The number of fused-ring (bicyclic) bond motifs is 1. The van der Waals surface area contributed by atoms with Gasteiger partial charge in [-0.2, -0.15) is 0 Å². The van der Waals surface area contributed by atoms with Crippen LogP contribution in [0.3, 0.4) is 0 Å². The highest BCUT2D eigenvalue weighted by Gasteiger charge is 2.28. The normalized spacial score (nSPS) is 25.7. The zero-order chi connectivity index (χ0) is 11.5. The van der Waals surface area contributed by atoms with Gasteiger partial charge in [0.25, 0.3) is 0 Å². The zero-order valence-corrected chi connectivity index (χ0v) is 10.1. The first-order valence-electron chi connectivity index (χ1n) is 6.23. The summed E-state index contributed by atoms with van der Waals surface area (Å²) >= 11 is 0. The molecule has 1 aliphatic heterocycles. The van der Waals surface area contributed by atoms with E-state index in [0.717, 1.165) is 17.7 Å². The first-order valence-corrected chi connectivity index (χ1v) is 6.23. The predicted octanol–water partition coefficient (Wildman–Crippen LogP) is 3.27. The topological polar surface area (TPSA) is 35.2 Å². The van der Waals surface area contributed by atoms with Crippen molar-refractivity contribution in [1.82, 2.24) is 0 Å². The lowest BCUT2D eigenvalue weighted by molar-refractivity contribution is 0.102.